The van der Waals surface area contributed by atoms with Gasteiger partial charge in [0.2, 0.25) is 5.91 Å². The van der Waals surface area contributed by atoms with Crippen molar-refractivity contribution in [2.45, 2.75) is 45.1 Å². The van der Waals surface area contributed by atoms with Gasteiger partial charge in [0.1, 0.15) is 5.70 Å². The summed E-state index contributed by atoms with van der Waals surface area (Å²) >= 11 is 1.33. The van der Waals surface area contributed by atoms with Gasteiger partial charge in [0, 0.05) is 30.5 Å². The number of nitrogens with one attached hydrogen (secondary N) is 1. The smallest absolute Gasteiger partial charge is 0.278 e. The minimum atomic E-state index is -0.121. The van der Waals surface area contributed by atoms with Gasteiger partial charge in [0.25, 0.3) is 5.91 Å². The summed E-state index contributed by atoms with van der Waals surface area (Å²) in [6.45, 7) is 1.92. The van der Waals surface area contributed by atoms with E-state index in [2.05, 4.69) is 10.4 Å². The normalized spacial score (nSPS) is 17.9. The molecule has 2 aromatic carbocycles. The molecule has 1 N–H and O–H groups in total. The number of nitrogens with zero attached hydrogens (tertiary/aromatic N) is 4. The zero-order valence-electron chi connectivity index (χ0n) is 20.0. The fourth-order valence-electron chi connectivity index (χ4n) is 4.77. The molecule has 2 amide bonds. The van der Waals surface area contributed by atoms with Crippen LogP contribution >= 0.6 is 11.8 Å². The minimum Gasteiger partial charge on any atom is -0.325 e. The molecular weight excluding hydrogens is 458 g/mol. The van der Waals surface area contributed by atoms with Crippen LogP contribution in [0.1, 0.15) is 43.4 Å². The summed E-state index contributed by atoms with van der Waals surface area (Å²) in [6.07, 6.45) is 9.04. The van der Waals surface area contributed by atoms with Crippen LogP contribution < -0.4 is 5.32 Å². The van der Waals surface area contributed by atoms with Gasteiger partial charge in [-0.1, -0.05) is 61.4 Å². The Bertz CT molecular complexity index is 1340. The number of carbonyl (C=O) groups is 2. The quantitative estimate of drug-likeness (QED) is 0.506. The summed E-state index contributed by atoms with van der Waals surface area (Å²) in [5, 5.41) is 10.2. The van der Waals surface area contributed by atoms with Crippen LogP contribution in [0.2, 0.25) is 0 Å². The van der Waals surface area contributed by atoms with Crippen molar-refractivity contribution in [3.8, 4) is 0 Å². The van der Waals surface area contributed by atoms with Gasteiger partial charge in [-0.2, -0.15) is 5.10 Å². The Morgan fingerprint density at radius 2 is 1.91 bits per heavy atom. The number of fused-ring (bicyclic) bond motifs is 1. The molecule has 0 bridgehead atoms. The molecule has 2 heterocycles. The van der Waals surface area contributed by atoms with Crippen molar-refractivity contribution in [2.75, 3.05) is 11.1 Å². The van der Waals surface area contributed by atoms with E-state index in [4.69, 9.17) is 4.99 Å². The summed E-state index contributed by atoms with van der Waals surface area (Å²) in [5.74, 6) is -0.0244. The van der Waals surface area contributed by atoms with Crippen molar-refractivity contribution in [2.24, 2.45) is 12.0 Å². The fraction of sp³-hybridized carbons (Fsp3) is 0.333. The molecule has 0 saturated heterocycles. The largest absolute Gasteiger partial charge is 0.325 e. The highest BCUT2D eigenvalue weighted by Crippen LogP contribution is 2.32. The first-order valence-corrected chi connectivity index (χ1v) is 13.0. The van der Waals surface area contributed by atoms with E-state index < -0.39 is 0 Å². The highest BCUT2D eigenvalue weighted by atomic mass is 32.2. The van der Waals surface area contributed by atoms with E-state index in [0.29, 0.717) is 10.9 Å². The Labute approximate surface area is 209 Å². The Hall–Kier alpha value is -3.39. The second-order valence-corrected chi connectivity index (χ2v) is 10.1. The van der Waals surface area contributed by atoms with Gasteiger partial charge >= 0.3 is 0 Å². The Kier molecular flexibility index (Phi) is 6.72. The third kappa shape index (κ3) is 5.17. The summed E-state index contributed by atoms with van der Waals surface area (Å²) in [7, 11) is 1.86. The topological polar surface area (TPSA) is 79.6 Å². The van der Waals surface area contributed by atoms with Gasteiger partial charge in [0.15, 0.2) is 5.17 Å². The van der Waals surface area contributed by atoms with E-state index in [1.54, 1.807) is 4.68 Å². The maximum absolute atomic E-state index is 13.4. The number of thioether (sulfide) groups is 1. The number of aryl methyl sites for hydroxylation is 2. The molecule has 1 saturated carbocycles. The highest BCUT2D eigenvalue weighted by Gasteiger charge is 2.36. The molecule has 7 nitrogen and oxygen atoms in total. The molecule has 180 valence electrons. The van der Waals surface area contributed by atoms with Crippen LogP contribution in [0.5, 0.6) is 0 Å². The lowest BCUT2D eigenvalue weighted by atomic mass is 9.94. The molecule has 5 rings (SSSR count). The highest BCUT2D eigenvalue weighted by molar-refractivity contribution is 8.14. The number of amides is 2. The molecule has 0 unspecified atom stereocenters. The first-order valence-electron chi connectivity index (χ1n) is 12.0. The predicted molar refractivity (Wildman–Crippen MR) is 142 cm³/mol. The zero-order chi connectivity index (χ0) is 24.4. The maximum atomic E-state index is 13.4. The summed E-state index contributed by atoms with van der Waals surface area (Å²) in [5.41, 5.74) is 2.89. The first kappa shape index (κ1) is 23.4. The van der Waals surface area contributed by atoms with Crippen molar-refractivity contribution >= 4 is 51.3 Å². The van der Waals surface area contributed by atoms with Crippen LogP contribution in [-0.4, -0.2) is 43.5 Å². The molecule has 1 aliphatic carbocycles. The lowest BCUT2D eigenvalue weighted by Crippen LogP contribution is -2.41. The van der Waals surface area contributed by atoms with Crippen LogP contribution in [-0.2, 0) is 16.6 Å². The number of anilines is 1. The molecule has 1 aromatic heterocycles. The van der Waals surface area contributed by atoms with Gasteiger partial charge in [-0.25, -0.2) is 4.99 Å². The van der Waals surface area contributed by atoms with E-state index in [9.17, 15) is 9.59 Å². The van der Waals surface area contributed by atoms with Crippen LogP contribution in [0, 0.1) is 6.92 Å². The van der Waals surface area contributed by atoms with E-state index in [0.717, 1.165) is 53.4 Å². The average molecular weight is 488 g/mol. The molecule has 8 heteroatoms. The van der Waals surface area contributed by atoms with E-state index in [1.165, 1.54) is 18.2 Å². The SMILES string of the molecule is Cc1nn(C)cc1/C=C1/N=C(SCC(=O)Nc2ccc3ccccc3c2)N(C2CCCCC2)C1=O. The van der Waals surface area contributed by atoms with E-state index in [-0.39, 0.29) is 23.6 Å². The second-order valence-electron chi connectivity index (χ2n) is 9.13. The van der Waals surface area contributed by atoms with Gasteiger partial charge in [0.05, 0.1) is 11.4 Å². The maximum Gasteiger partial charge on any atom is 0.278 e. The number of aromatic nitrogens is 2. The molecule has 35 heavy (non-hydrogen) atoms. The first-order chi connectivity index (χ1) is 17.0. The number of rotatable bonds is 5. The number of aliphatic imine (C=N–C) groups is 1. The van der Waals surface area contributed by atoms with Crippen LogP contribution in [0.3, 0.4) is 0 Å². The number of hydrogen-bond acceptors (Lipinski definition) is 5. The summed E-state index contributed by atoms with van der Waals surface area (Å²) in [4.78, 5) is 32.7. The minimum absolute atomic E-state index is 0.0856. The number of carbonyl (C=O) groups excluding carboxylic acids is 2. The van der Waals surface area contributed by atoms with Gasteiger partial charge in [-0.15, -0.1) is 0 Å². The Morgan fingerprint density at radius 1 is 1.14 bits per heavy atom. The van der Waals surface area contributed by atoms with Crippen molar-refractivity contribution in [3.05, 3.63) is 65.6 Å². The van der Waals surface area contributed by atoms with E-state index in [1.807, 2.05) is 73.6 Å². The molecular formula is C27H29N5O2S. The zero-order valence-corrected chi connectivity index (χ0v) is 20.8. The second kappa shape index (κ2) is 10.1. The number of amidine groups is 1. The van der Waals surface area contributed by atoms with Crippen molar-refractivity contribution < 1.29 is 9.59 Å². The van der Waals surface area contributed by atoms with Crippen LogP contribution in [0.25, 0.3) is 16.8 Å². The molecule has 3 aromatic rings. The van der Waals surface area contributed by atoms with Gasteiger partial charge in [-0.05, 0) is 48.7 Å². The van der Waals surface area contributed by atoms with Gasteiger partial charge in [-0.3, -0.25) is 19.2 Å². The molecule has 0 spiro atoms. The lowest BCUT2D eigenvalue weighted by Gasteiger charge is -2.31. The summed E-state index contributed by atoms with van der Waals surface area (Å²) in [6, 6.07) is 14.1. The lowest BCUT2D eigenvalue weighted by molar-refractivity contribution is -0.124. The van der Waals surface area contributed by atoms with Crippen molar-refractivity contribution in [3.63, 3.8) is 0 Å². The van der Waals surface area contributed by atoms with Crippen molar-refractivity contribution in [1.29, 1.82) is 0 Å². The fourth-order valence-corrected chi connectivity index (χ4v) is 5.64. The third-order valence-electron chi connectivity index (χ3n) is 6.51. The van der Waals surface area contributed by atoms with Crippen LogP contribution in [0.15, 0.2) is 59.4 Å². The monoisotopic (exact) mass is 487 g/mol. The molecule has 1 aliphatic heterocycles. The summed E-state index contributed by atoms with van der Waals surface area (Å²) < 4.78 is 1.73. The molecule has 0 radical (unpaired) electrons. The van der Waals surface area contributed by atoms with Crippen LogP contribution in [0.4, 0.5) is 5.69 Å². The number of benzene rings is 2. The number of hydrogen-bond donors (Lipinski definition) is 1. The van der Waals surface area contributed by atoms with Crippen molar-refractivity contribution in [1.82, 2.24) is 14.7 Å². The molecule has 1 fully saturated rings. The molecule has 2 aliphatic rings. The Balaban J connectivity index is 1.33. The van der Waals surface area contributed by atoms with E-state index >= 15 is 0 Å². The standard InChI is InChI=1S/C27H29N5O2S/c1-18-21(16-31(2)30-18)15-24-26(34)32(23-10-4-3-5-11-23)27(29-24)35-17-25(33)28-22-13-12-19-8-6-7-9-20(19)14-22/h6-9,12-16,23H,3-5,10-11,17H2,1-2H3,(H,28,33)/b24-15+. The Morgan fingerprint density at radius 3 is 2.66 bits per heavy atom. The average Bonchev–Trinajstić information content (AvgIpc) is 3.35. The third-order valence-corrected chi connectivity index (χ3v) is 7.46. The predicted octanol–water partition coefficient (Wildman–Crippen LogP) is 5.13. The van der Waals surface area contributed by atoms with Gasteiger partial charge < -0.3 is 5.32 Å². The molecule has 0 atom stereocenters.